The Bertz CT molecular complexity index is 376. The summed E-state index contributed by atoms with van der Waals surface area (Å²) in [6.07, 6.45) is 0.921. The third-order valence-corrected chi connectivity index (χ3v) is 3.08. The van der Waals surface area contributed by atoms with Crippen LogP contribution in [-0.2, 0) is 4.74 Å². The molecule has 0 spiro atoms. The molecule has 1 rings (SSSR count). The minimum atomic E-state index is 0.0291. The minimum absolute atomic E-state index is 0.0291. The molecule has 0 fully saturated rings. The predicted octanol–water partition coefficient (Wildman–Crippen LogP) is 2.16. The van der Waals surface area contributed by atoms with E-state index in [1.165, 1.54) is 0 Å². The van der Waals surface area contributed by atoms with E-state index in [9.17, 15) is 4.79 Å². The summed E-state index contributed by atoms with van der Waals surface area (Å²) in [5.41, 5.74) is 6.96. The number of benzene rings is 1. The van der Waals surface area contributed by atoms with Gasteiger partial charge < -0.3 is 15.4 Å². The minimum Gasteiger partial charge on any atom is -0.399 e. The first-order chi connectivity index (χ1) is 8.60. The molecule has 0 saturated carbocycles. The molecule has 1 aromatic carbocycles. The SMILES string of the molecule is CCC(C)N(CCOC)C(=O)c1ccc(N)cc1. The molecule has 1 amide bonds. The Morgan fingerprint density at radius 3 is 2.50 bits per heavy atom. The fourth-order valence-electron chi connectivity index (χ4n) is 1.72. The Balaban J connectivity index is 2.83. The van der Waals surface area contributed by atoms with Crippen molar-refractivity contribution >= 4 is 11.6 Å². The number of hydrogen-bond acceptors (Lipinski definition) is 3. The first-order valence-corrected chi connectivity index (χ1v) is 6.25. The molecule has 1 unspecified atom stereocenters. The predicted molar refractivity (Wildman–Crippen MR) is 73.5 cm³/mol. The molecule has 4 heteroatoms. The molecule has 100 valence electrons. The lowest BCUT2D eigenvalue weighted by atomic mass is 10.1. The van der Waals surface area contributed by atoms with Crippen molar-refractivity contribution in [2.24, 2.45) is 0 Å². The quantitative estimate of drug-likeness (QED) is 0.787. The van der Waals surface area contributed by atoms with E-state index in [1.54, 1.807) is 31.4 Å². The van der Waals surface area contributed by atoms with Gasteiger partial charge in [0.25, 0.3) is 5.91 Å². The maximum atomic E-state index is 12.4. The van der Waals surface area contributed by atoms with E-state index >= 15 is 0 Å². The van der Waals surface area contributed by atoms with Crippen LogP contribution in [0.5, 0.6) is 0 Å². The summed E-state index contributed by atoms with van der Waals surface area (Å²) in [5.74, 6) is 0.0291. The average Bonchev–Trinajstić information content (AvgIpc) is 2.39. The van der Waals surface area contributed by atoms with Gasteiger partial charge in [0.2, 0.25) is 0 Å². The number of hydrogen-bond donors (Lipinski definition) is 1. The lowest BCUT2D eigenvalue weighted by Gasteiger charge is -2.28. The molecule has 1 aromatic rings. The number of amides is 1. The fraction of sp³-hybridized carbons (Fsp3) is 0.500. The van der Waals surface area contributed by atoms with Crippen LogP contribution < -0.4 is 5.73 Å². The van der Waals surface area contributed by atoms with Gasteiger partial charge in [0.15, 0.2) is 0 Å². The van der Waals surface area contributed by atoms with E-state index in [0.717, 1.165) is 6.42 Å². The van der Waals surface area contributed by atoms with Crippen LogP contribution in [0.15, 0.2) is 24.3 Å². The molecule has 0 heterocycles. The first kappa shape index (κ1) is 14.5. The van der Waals surface area contributed by atoms with E-state index in [0.29, 0.717) is 24.4 Å². The third-order valence-electron chi connectivity index (χ3n) is 3.08. The van der Waals surface area contributed by atoms with Crippen LogP contribution in [0.4, 0.5) is 5.69 Å². The van der Waals surface area contributed by atoms with Crippen LogP contribution in [0.1, 0.15) is 30.6 Å². The lowest BCUT2D eigenvalue weighted by molar-refractivity contribution is 0.0614. The smallest absolute Gasteiger partial charge is 0.254 e. The summed E-state index contributed by atoms with van der Waals surface area (Å²) in [7, 11) is 1.64. The molecule has 0 aliphatic heterocycles. The number of nitrogens with two attached hydrogens (primary N) is 1. The molecular formula is C14H22N2O2. The number of nitrogen functional groups attached to an aromatic ring is 1. The second-order valence-electron chi connectivity index (χ2n) is 4.37. The van der Waals surface area contributed by atoms with Gasteiger partial charge in [-0.25, -0.2) is 0 Å². The average molecular weight is 250 g/mol. The lowest BCUT2D eigenvalue weighted by Crippen LogP contribution is -2.40. The number of carbonyl (C=O) groups excluding carboxylic acids is 1. The summed E-state index contributed by atoms with van der Waals surface area (Å²) in [4.78, 5) is 14.2. The van der Waals surface area contributed by atoms with Gasteiger partial charge in [0.05, 0.1) is 6.61 Å². The zero-order valence-electron chi connectivity index (χ0n) is 11.3. The second kappa shape index (κ2) is 7.01. The summed E-state index contributed by atoms with van der Waals surface area (Å²) in [5, 5.41) is 0. The van der Waals surface area contributed by atoms with E-state index in [-0.39, 0.29) is 11.9 Å². The molecule has 0 aliphatic carbocycles. The van der Waals surface area contributed by atoms with E-state index in [4.69, 9.17) is 10.5 Å². The zero-order chi connectivity index (χ0) is 13.5. The van der Waals surface area contributed by atoms with Gasteiger partial charge in [-0.1, -0.05) is 6.92 Å². The van der Waals surface area contributed by atoms with Gasteiger partial charge in [-0.15, -0.1) is 0 Å². The van der Waals surface area contributed by atoms with Crippen LogP contribution in [0, 0.1) is 0 Å². The first-order valence-electron chi connectivity index (χ1n) is 6.25. The van der Waals surface area contributed by atoms with Gasteiger partial charge in [0.1, 0.15) is 0 Å². The van der Waals surface area contributed by atoms with Crippen molar-refractivity contribution in [1.82, 2.24) is 4.90 Å². The van der Waals surface area contributed by atoms with E-state index < -0.39 is 0 Å². The second-order valence-corrected chi connectivity index (χ2v) is 4.37. The highest BCUT2D eigenvalue weighted by Gasteiger charge is 2.19. The van der Waals surface area contributed by atoms with E-state index in [2.05, 4.69) is 6.92 Å². The summed E-state index contributed by atoms with van der Waals surface area (Å²) < 4.78 is 5.06. The van der Waals surface area contributed by atoms with Crippen molar-refractivity contribution in [3.63, 3.8) is 0 Å². The highest BCUT2D eigenvalue weighted by molar-refractivity contribution is 5.94. The number of carbonyl (C=O) groups is 1. The third kappa shape index (κ3) is 3.74. The summed E-state index contributed by atoms with van der Waals surface area (Å²) >= 11 is 0. The van der Waals surface area contributed by atoms with Gasteiger partial charge in [-0.05, 0) is 37.6 Å². The van der Waals surface area contributed by atoms with Gasteiger partial charge >= 0.3 is 0 Å². The Morgan fingerprint density at radius 1 is 1.39 bits per heavy atom. The maximum absolute atomic E-state index is 12.4. The van der Waals surface area contributed by atoms with Crippen molar-refractivity contribution < 1.29 is 9.53 Å². The molecular weight excluding hydrogens is 228 g/mol. The van der Waals surface area contributed by atoms with E-state index in [1.807, 2.05) is 11.8 Å². The van der Waals surface area contributed by atoms with Crippen LogP contribution >= 0.6 is 0 Å². The normalized spacial score (nSPS) is 12.2. The van der Waals surface area contributed by atoms with Gasteiger partial charge in [-0.3, -0.25) is 4.79 Å². The van der Waals surface area contributed by atoms with Crippen molar-refractivity contribution in [2.75, 3.05) is 26.0 Å². The molecule has 2 N–H and O–H groups in total. The number of rotatable bonds is 6. The molecule has 0 radical (unpaired) electrons. The largest absolute Gasteiger partial charge is 0.399 e. The van der Waals surface area contributed by atoms with Crippen molar-refractivity contribution in [3.05, 3.63) is 29.8 Å². The molecule has 1 atom stereocenters. The number of nitrogens with zero attached hydrogens (tertiary/aromatic N) is 1. The standard InChI is InChI=1S/C14H22N2O2/c1-4-11(2)16(9-10-18-3)14(17)12-5-7-13(15)8-6-12/h5-8,11H,4,9-10,15H2,1-3H3. The number of methoxy groups -OCH3 is 1. The molecule has 0 aromatic heterocycles. The summed E-state index contributed by atoms with van der Waals surface area (Å²) in [6, 6.07) is 7.22. The van der Waals surface area contributed by atoms with Crippen LogP contribution in [0.25, 0.3) is 0 Å². The fourth-order valence-corrected chi connectivity index (χ4v) is 1.72. The molecule has 18 heavy (non-hydrogen) atoms. The monoisotopic (exact) mass is 250 g/mol. The van der Waals surface area contributed by atoms with Gasteiger partial charge in [0, 0.05) is 30.9 Å². The Morgan fingerprint density at radius 2 is 2.00 bits per heavy atom. The van der Waals surface area contributed by atoms with Crippen LogP contribution in [0.3, 0.4) is 0 Å². The Labute approximate surface area is 109 Å². The number of ether oxygens (including phenoxy) is 1. The summed E-state index contributed by atoms with van der Waals surface area (Å²) in [6.45, 7) is 5.27. The van der Waals surface area contributed by atoms with Crippen molar-refractivity contribution in [1.29, 1.82) is 0 Å². The Hall–Kier alpha value is -1.55. The van der Waals surface area contributed by atoms with Crippen LogP contribution in [-0.4, -0.2) is 37.1 Å². The number of anilines is 1. The van der Waals surface area contributed by atoms with Gasteiger partial charge in [-0.2, -0.15) is 0 Å². The Kier molecular flexibility index (Phi) is 5.65. The molecule has 0 bridgehead atoms. The highest BCUT2D eigenvalue weighted by atomic mass is 16.5. The topological polar surface area (TPSA) is 55.6 Å². The molecule has 0 aliphatic rings. The molecule has 4 nitrogen and oxygen atoms in total. The molecule has 0 saturated heterocycles. The maximum Gasteiger partial charge on any atom is 0.254 e. The van der Waals surface area contributed by atoms with Crippen LogP contribution in [0.2, 0.25) is 0 Å². The zero-order valence-corrected chi connectivity index (χ0v) is 11.3. The van der Waals surface area contributed by atoms with Crippen molar-refractivity contribution in [2.45, 2.75) is 26.3 Å². The highest BCUT2D eigenvalue weighted by Crippen LogP contribution is 2.12. The van der Waals surface area contributed by atoms with Crippen molar-refractivity contribution in [3.8, 4) is 0 Å².